The van der Waals surface area contributed by atoms with E-state index in [0.717, 1.165) is 0 Å². The molecular weight excluding hydrogens is 408 g/mol. The monoisotopic (exact) mass is 440 g/mol. The van der Waals surface area contributed by atoms with Crippen LogP contribution >= 0.6 is 0 Å². The summed E-state index contributed by atoms with van der Waals surface area (Å²) in [5, 5.41) is 18.4. The van der Waals surface area contributed by atoms with Gasteiger partial charge in [-0.25, -0.2) is 4.79 Å². The van der Waals surface area contributed by atoms with Gasteiger partial charge in [-0.2, -0.15) is 0 Å². The molecule has 2 aromatic rings. The molecule has 0 saturated carbocycles. The van der Waals surface area contributed by atoms with Crippen LogP contribution < -0.4 is 20.7 Å². The number of rotatable bonds is 6. The minimum absolute atomic E-state index is 0.0563. The predicted molar refractivity (Wildman–Crippen MR) is 125 cm³/mol. The summed E-state index contributed by atoms with van der Waals surface area (Å²) in [4.78, 5) is 27.2. The van der Waals surface area contributed by atoms with Crippen molar-refractivity contribution in [2.24, 2.45) is 5.92 Å². The van der Waals surface area contributed by atoms with Crippen LogP contribution in [0.1, 0.15) is 19.4 Å². The first-order chi connectivity index (χ1) is 15.4. The lowest BCUT2D eigenvalue weighted by Gasteiger charge is -2.32. The number of anilines is 2. The standard InChI is InChI=1S/C24H32N4O4/c1-16-14-28(17(2)15-29)23(30)12-18-11-20(9-10-21(18)32-22(16)13-25-3)27-24(31)26-19-7-5-4-6-8-19/h4-11,16-17,22,25,29H,12-15H2,1-3H3,(H2,26,27,31)/t16-,17+,22-/m0/s1. The van der Waals surface area contributed by atoms with E-state index in [1.807, 2.05) is 39.1 Å². The largest absolute Gasteiger partial charge is 0.488 e. The molecule has 0 aliphatic carbocycles. The summed E-state index contributed by atoms with van der Waals surface area (Å²) in [5.74, 6) is 0.595. The molecule has 4 N–H and O–H groups in total. The predicted octanol–water partition coefficient (Wildman–Crippen LogP) is 2.70. The molecule has 0 bridgehead atoms. The molecular formula is C24H32N4O4. The van der Waals surface area contributed by atoms with Gasteiger partial charge in [-0.05, 0) is 44.3 Å². The lowest BCUT2D eigenvalue weighted by molar-refractivity contribution is -0.134. The summed E-state index contributed by atoms with van der Waals surface area (Å²) in [6.45, 7) is 4.88. The molecule has 2 aromatic carbocycles. The Kier molecular flexibility index (Phi) is 8.08. The van der Waals surface area contributed by atoms with Crippen LogP contribution in [0.3, 0.4) is 0 Å². The quantitative estimate of drug-likeness (QED) is 0.553. The zero-order chi connectivity index (χ0) is 23.1. The summed E-state index contributed by atoms with van der Waals surface area (Å²) in [5.41, 5.74) is 1.94. The number of aliphatic hydroxyl groups is 1. The molecule has 1 aliphatic rings. The molecule has 0 spiro atoms. The highest BCUT2D eigenvalue weighted by Crippen LogP contribution is 2.29. The number of urea groups is 1. The first-order valence-corrected chi connectivity index (χ1v) is 10.9. The minimum atomic E-state index is -0.372. The zero-order valence-electron chi connectivity index (χ0n) is 18.8. The molecule has 0 aromatic heterocycles. The zero-order valence-corrected chi connectivity index (χ0v) is 18.8. The Balaban J connectivity index is 1.85. The van der Waals surface area contributed by atoms with E-state index in [2.05, 4.69) is 16.0 Å². The summed E-state index contributed by atoms with van der Waals surface area (Å²) in [6.07, 6.45) is -0.0349. The normalized spacial score (nSPS) is 19.6. The fourth-order valence-corrected chi connectivity index (χ4v) is 3.77. The average molecular weight is 441 g/mol. The third-order valence-electron chi connectivity index (χ3n) is 5.61. The highest BCUT2D eigenvalue weighted by Gasteiger charge is 2.30. The highest BCUT2D eigenvalue weighted by molar-refractivity contribution is 5.99. The maximum atomic E-state index is 13.1. The number of hydrogen-bond acceptors (Lipinski definition) is 5. The van der Waals surface area contributed by atoms with Gasteiger partial charge in [-0.15, -0.1) is 0 Å². The number of likely N-dealkylation sites (N-methyl/N-ethyl adjacent to an activating group) is 1. The number of fused-ring (bicyclic) bond motifs is 1. The lowest BCUT2D eigenvalue weighted by Crippen LogP contribution is -2.47. The van der Waals surface area contributed by atoms with Crippen LogP contribution in [0.15, 0.2) is 48.5 Å². The summed E-state index contributed by atoms with van der Waals surface area (Å²) in [6, 6.07) is 13.8. The van der Waals surface area contributed by atoms with E-state index in [-0.39, 0.29) is 43.0 Å². The Morgan fingerprint density at radius 2 is 1.91 bits per heavy atom. The van der Waals surface area contributed by atoms with E-state index in [4.69, 9.17) is 4.74 Å². The number of carbonyl (C=O) groups excluding carboxylic acids is 2. The second-order valence-electron chi connectivity index (χ2n) is 8.21. The molecule has 3 rings (SSSR count). The topological polar surface area (TPSA) is 103 Å². The van der Waals surface area contributed by atoms with Gasteiger partial charge < -0.3 is 30.7 Å². The van der Waals surface area contributed by atoms with Crippen molar-refractivity contribution < 1.29 is 19.4 Å². The molecule has 3 atom stereocenters. The van der Waals surface area contributed by atoms with Gasteiger partial charge in [-0.3, -0.25) is 4.79 Å². The Morgan fingerprint density at radius 3 is 2.59 bits per heavy atom. The molecule has 8 nitrogen and oxygen atoms in total. The van der Waals surface area contributed by atoms with Crippen molar-refractivity contribution in [2.75, 3.05) is 37.4 Å². The average Bonchev–Trinajstić information content (AvgIpc) is 2.82. The first kappa shape index (κ1) is 23.6. The van der Waals surface area contributed by atoms with Crippen LogP contribution in [0, 0.1) is 5.92 Å². The van der Waals surface area contributed by atoms with Gasteiger partial charge in [0, 0.05) is 35.9 Å². The number of nitrogens with one attached hydrogen (secondary N) is 3. The van der Waals surface area contributed by atoms with Gasteiger partial charge in [0.05, 0.1) is 19.1 Å². The van der Waals surface area contributed by atoms with Crippen molar-refractivity contribution in [3.63, 3.8) is 0 Å². The van der Waals surface area contributed by atoms with E-state index < -0.39 is 0 Å². The molecule has 0 fully saturated rings. The van der Waals surface area contributed by atoms with Gasteiger partial charge in [0.2, 0.25) is 5.91 Å². The Morgan fingerprint density at radius 1 is 1.19 bits per heavy atom. The molecule has 1 aliphatic heterocycles. The molecule has 0 saturated heterocycles. The maximum Gasteiger partial charge on any atom is 0.323 e. The number of ether oxygens (including phenoxy) is 1. The van der Waals surface area contributed by atoms with E-state index in [1.165, 1.54) is 0 Å². The van der Waals surface area contributed by atoms with Gasteiger partial charge in [0.25, 0.3) is 0 Å². The number of amides is 3. The Hall–Kier alpha value is -3.10. The molecule has 8 heteroatoms. The number of hydrogen-bond donors (Lipinski definition) is 4. The van der Waals surface area contributed by atoms with E-state index in [9.17, 15) is 14.7 Å². The smallest absolute Gasteiger partial charge is 0.323 e. The Bertz CT molecular complexity index is 921. The van der Waals surface area contributed by atoms with Gasteiger partial charge in [0.15, 0.2) is 0 Å². The Labute approximate surface area is 189 Å². The number of benzene rings is 2. The number of carbonyl (C=O) groups is 2. The van der Waals surface area contributed by atoms with Crippen molar-refractivity contribution >= 4 is 23.3 Å². The number of nitrogens with zero attached hydrogens (tertiary/aromatic N) is 1. The lowest BCUT2D eigenvalue weighted by atomic mass is 10.0. The first-order valence-electron chi connectivity index (χ1n) is 10.9. The van der Waals surface area contributed by atoms with Gasteiger partial charge in [-0.1, -0.05) is 25.1 Å². The summed E-state index contributed by atoms with van der Waals surface area (Å²) in [7, 11) is 1.86. The van der Waals surface area contributed by atoms with Crippen molar-refractivity contribution in [2.45, 2.75) is 32.4 Å². The van der Waals surface area contributed by atoms with Crippen LogP contribution in [0.25, 0.3) is 0 Å². The summed E-state index contributed by atoms with van der Waals surface area (Å²) < 4.78 is 6.30. The van der Waals surface area contributed by atoms with Crippen LogP contribution in [0.4, 0.5) is 16.2 Å². The SMILES string of the molecule is CNC[C@@H]1Oc2ccc(NC(=O)Nc3ccccc3)cc2CC(=O)N([C@H](C)CO)C[C@@H]1C. The fourth-order valence-electron chi connectivity index (χ4n) is 3.77. The van der Waals surface area contributed by atoms with Crippen LogP contribution in [-0.2, 0) is 11.2 Å². The summed E-state index contributed by atoms with van der Waals surface area (Å²) >= 11 is 0. The molecule has 0 radical (unpaired) electrons. The third-order valence-corrected chi connectivity index (χ3v) is 5.61. The highest BCUT2D eigenvalue weighted by atomic mass is 16.5. The fraction of sp³-hybridized carbons (Fsp3) is 0.417. The van der Waals surface area contributed by atoms with Crippen molar-refractivity contribution in [1.82, 2.24) is 10.2 Å². The van der Waals surface area contributed by atoms with Gasteiger partial charge in [0.1, 0.15) is 11.9 Å². The molecule has 3 amide bonds. The maximum absolute atomic E-state index is 13.1. The van der Waals surface area contributed by atoms with E-state index in [0.29, 0.717) is 35.8 Å². The molecule has 172 valence electrons. The molecule has 1 heterocycles. The third kappa shape index (κ3) is 5.99. The second kappa shape index (κ2) is 11.0. The molecule has 32 heavy (non-hydrogen) atoms. The van der Waals surface area contributed by atoms with E-state index in [1.54, 1.807) is 35.2 Å². The van der Waals surface area contributed by atoms with Crippen molar-refractivity contribution in [3.05, 3.63) is 54.1 Å². The minimum Gasteiger partial charge on any atom is -0.488 e. The van der Waals surface area contributed by atoms with Crippen molar-refractivity contribution in [1.29, 1.82) is 0 Å². The number of aliphatic hydroxyl groups excluding tert-OH is 1. The number of para-hydroxylation sites is 1. The second-order valence-corrected chi connectivity index (χ2v) is 8.21. The molecule has 0 unspecified atom stereocenters. The van der Waals surface area contributed by atoms with Crippen LogP contribution in [0.5, 0.6) is 5.75 Å². The van der Waals surface area contributed by atoms with Crippen LogP contribution in [-0.4, -0.2) is 60.8 Å². The van der Waals surface area contributed by atoms with E-state index >= 15 is 0 Å². The van der Waals surface area contributed by atoms with Crippen molar-refractivity contribution in [3.8, 4) is 5.75 Å². The van der Waals surface area contributed by atoms with Gasteiger partial charge >= 0.3 is 6.03 Å². The van der Waals surface area contributed by atoms with Crippen LogP contribution in [0.2, 0.25) is 0 Å².